The lowest BCUT2D eigenvalue weighted by Gasteiger charge is -2.10. The molecule has 0 atom stereocenters. The molecular formula is C17H16N4O3S. The van der Waals surface area contributed by atoms with E-state index in [4.69, 9.17) is 4.52 Å². The highest BCUT2D eigenvalue weighted by molar-refractivity contribution is 7.98. The Balaban J connectivity index is 1.85. The SMILES string of the molecule is CSc1cccc(NC(=O)Cn2c(-c3nc(C)no3)cccc2=O)c1. The van der Waals surface area contributed by atoms with E-state index in [9.17, 15) is 9.59 Å². The van der Waals surface area contributed by atoms with E-state index in [1.165, 1.54) is 10.6 Å². The van der Waals surface area contributed by atoms with Crippen molar-refractivity contribution in [2.45, 2.75) is 18.4 Å². The molecule has 0 aliphatic rings. The number of thioether (sulfide) groups is 1. The minimum atomic E-state index is -0.318. The average molecular weight is 356 g/mol. The van der Waals surface area contributed by atoms with Crippen LogP contribution >= 0.6 is 11.8 Å². The fraction of sp³-hybridized carbons (Fsp3) is 0.176. The summed E-state index contributed by atoms with van der Waals surface area (Å²) in [4.78, 5) is 29.7. The van der Waals surface area contributed by atoms with Gasteiger partial charge in [-0.1, -0.05) is 17.3 Å². The zero-order valence-corrected chi connectivity index (χ0v) is 14.5. The molecule has 0 aliphatic heterocycles. The van der Waals surface area contributed by atoms with Gasteiger partial charge >= 0.3 is 0 Å². The van der Waals surface area contributed by atoms with E-state index in [1.807, 2.05) is 24.5 Å². The number of nitrogens with zero attached hydrogens (tertiary/aromatic N) is 3. The first-order valence-electron chi connectivity index (χ1n) is 7.51. The van der Waals surface area contributed by atoms with Gasteiger partial charge in [0, 0.05) is 16.6 Å². The van der Waals surface area contributed by atoms with Crippen molar-refractivity contribution in [2.75, 3.05) is 11.6 Å². The van der Waals surface area contributed by atoms with Gasteiger partial charge in [0.05, 0.1) is 0 Å². The van der Waals surface area contributed by atoms with Crippen molar-refractivity contribution in [2.24, 2.45) is 0 Å². The highest BCUT2D eigenvalue weighted by Crippen LogP contribution is 2.19. The maximum absolute atomic E-state index is 12.4. The molecule has 2 heterocycles. The zero-order valence-electron chi connectivity index (χ0n) is 13.7. The Bertz CT molecular complexity index is 964. The van der Waals surface area contributed by atoms with Crippen LogP contribution in [0.2, 0.25) is 0 Å². The molecule has 0 spiro atoms. The van der Waals surface area contributed by atoms with Crippen molar-refractivity contribution in [3.05, 3.63) is 58.6 Å². The number of anilines is 1. The van der Waals surface area contributed by atoms with Crippen molar-refractivity contribution in [1.29, 1.82) is 0 Å². The number of hydrogen-bond donors (Lipinski definition) is 1. The molecule has 0 aliphatic carbocycles. The molecule has 7 nitrogen and oxygen atoms in total. The number of rotatable bonds is 5. The van der Waals surface area contributed by atoms with E-state index in [0.29, 0.717) is 17.2 Å². The summed E-state index contributed by atoms with van der Waals surface area (Å²) in [5.74, 6) is 0.340. The van der Waals surface area contributed by atoms with Crippen LogP contribution < -0.4 is 10.9 Å². The number of amides is 1. The van der Waals surface area contributed by atoms with E-state index in [0.717, 1.165) is 4.90 Å². The van der Waals surface area contributed by atoms with Crippen molar-refractivity contribution in [3.8, 4) is 11.6 Å². The molecule has 0 fully saturated rings. The van der Waals surface area contributed by atoms with Crippen molar-refractivity contribution >= 4 is 23.4 Å². The number of nitrogens with one attached hydrogen (secondary N) is 1. The van der Waals surface area contributed by atoms with Gasteiger partial charge in [0.15, 0.2) is 5.82 Å². The second-order valence-corrected chi connectivity index (χ2v) is 6.14. The predicted octanol–water partition coefficient (Wildman–Crippen LogP) is 2.57. The Labute approximate surface area is 148 Å². The number of aryl methyl sites for hydroxylation is 1. The molecule has 1 aromatic carbocycles. The fourth-order valence-corrected chi connectivity index (χ4v) is 2.78. The van der Waals surface area contributed by atoms with Crippen LogP contribution in [0.15, 0.2) is 56.7 Å². The molecule has 0 radical (unpaired) electrons. The summed E-state index contributed by atoms with van der Waals surface area (Å²) in [7, 11) is 0. The van der Waals surface area contributed by atoms with Gasteiger partial charge in [0.1, 0.15) is 12.2 Å². The van der Waals surface area contributed by atoms with Crippen molar-refractivity contribution in [3.63, 3.8) is 0 Å². The van der Waals surface area contributed by atoms with Gasteiger partial charge in [-0.2, -0.15) is 4.98 Å². The van der Waals surface area contributed by atoms with Gasteiger partial charge in [0.25, 0.3) is 11.4 Å². The molecule has 0 saturated heterocycles. The van der Waals surface area contributed by atoms with Gasteiger partial charge in [-0.15, -0.1) is 11.8 Å². The molecule has 128 valence electrons. The van der Waals surface area contributed by atoms with Gasteiger partial charge in [0.2, 0.25) is 5.91 Å². The number of aromatic nitrogens is 3. The van der Waals surface area contributed by atoms with Crippen molar-refractivity contribution < 1.29 is 9.32 Å². The van der Waals surface area contributed by atoms with Crippen LogP contribution in [0.25, 0.3) is 11.6 Å². The Morgan fingerprint density at radius 1 is 1.28 bits per heavy atom. The van der Waals surface area contributed by atoms with Crippen LogP contribution in [0, 0.1) is 6.92 Å². The molecule has 3 aromatic rings. The Hall–Kier alpha value is -2.87. The van der Waals surface area contributed by atoms with Gasteiger partial charge in [-0.25, -0.2) is 0 Å². The molecular weight excluding hydrogens is 340 g/mol. The monoisotopic (exact) mass is 356 g/mol. The molecule has 25 heavy (non-hydrogen) atoms. The maximum Gasteiger partial charge on any atom is 0.274 e. The van der Waals surface area contributed by atoms with Gasteiger partial charge < -0.3 is 9.84 Å². The van der Waals surface area contributed by atoms with Gasteiger partial charge in [-0.05, 0) is 37.4 Å². The minimum absolute atomic E-state index is 0.153. The summed E-state index contributed by atoms with van der Waals surface area (Å²) in [5.41, 5.74) is 0.762. The average Bonchev–Trinajstić information content (AvgIpc) is 3.03. The number of benzene rings is 1. The lowest BCUT2D eigenvalue weighted by Crippen LogP contribution is -2.28. The number of pyridine rings is 1. The normalized spacial score (nSPS) is 10.6. The summed E-state index contributed by atoms with van der Waals surface area (Å²) in [6.45, 7) is 1.53. The highest BCUT2D eigenvalue weighted by Gasteiger charge is 2.15. The molecule has 8 heteroatoms. The number of hydrogen-bond acceptors (Lipinski definition) is 6. The van der Waals surface area contributed by atoms with E-state index in [-0.39, 0.29) is 23.9 Å². The first kappa shape index (κ1) is 17.0. The zero-order chi connectivity index (χ0) is 17.8. The van der Waals surface area contributed by atoms with Crippen LogP contribution in [0.5, 0.6) is 0 Å². The summed E-state index contributed by atoms with van der Waals surface area (Å²) >= 11 is 1.58. The predicted molar refractivity (Wildman–Crippen MR) is 95.6 cm³/mol. The topological polar surface area (TPSA) is 90.0 Å². The minimum Gasteiger partial charge on any atom is -0.332 e. The highest BCUT2D eigenvalue weighted by atomic mass is 32.2. The van der Waals surface area contributed by atoms with Crippen LogP contribution in [0.1, 0.15) is 5.82 Å². The first-order valence-corrected chi connectivity index (χ1v) is 8.74. The Morgan fingerprint density at radius 2 is 2.08 bits per heavy atom. The standard InChI is InChI=1S/C17H16N4O3S/c1-11-18-17(24-20-11)14-7-4-8-16(23)21(14)10-15(22)19-12-5-3-6-13(9-12)25-2/h3-9H,10H2,1-2H3,(H,19,22). The molecule has 1 amide bonds. The number of carbonyl (C=O) groups is 1. The van der Waals surface area contributed by atoms with Crippen LogP contribution in [-0.2, 0) is 11.3 Å². The lowest BCUT2D eigenvalue weighted by atomic mass is 10.3. The molecule has 1 N–H and O–H groups in total. The number of carbonyl (C=O) groups excluding carboxylic acids is 1. The third-order valence-corrected chi connectivity index (χ3v) is 4.18. The molecule has 0 bridgehead atoms. The smallest absolute Gasteiger partial charge is 0.274 e. The van der Waals surface area contributed by atoms with Crippen LogP contribution in [-0.4, -0.2) is 26.9 Å². The third-order valence-electron chi connectivity index (χ3n) is 3.45. The molecule has 2 aromatic heterocycles. The fourth-order valence-electron chi connectivity index (χ4n) is 2.32. The molecule has 0 unspecified atom stereocenters. The van der Waals surface area contributed by atoms with Crippen molar-refractivity contribution in [1.82, 2.24) is 14.7 Å². The van der Waals surface area contributed by atoms with E-state index < -0.39 is 0 Å². The third kappa shape index (κ3) is 3.97. The second-order valence-electron chi connectivity index (χ2n) is 5.26. The second kappa shape index (κ2) is 7.35. The van der Waals surface area contributed by atoms with Crippen LogP contribution in [0.4, 0.5) is 5.69 Å². The summed E-state index contributed by atoms with van der Waals surface area (Å²) in [6, 6.07) is 12.1. The van der Waals surface area contributed by atoms with Crippen LogP contribution in [0.3, 0.4) is 0 Å². The molecule has 0 saturated carbocycles. The summed E-state index contributed by atoms with van der Waals surface area (Å²) in [5, 5.41) is 6.52. The largest absolute Gasteiger partial charge is 0.332 e. The molecule has 3 rings (SSSR count). The maximum atomic E-state index is 12.4. The van der Waals surface area contributed by atoms with E-state index in [2.05, 4.69) is 15.5 Å². The van der Waals surface area contributed by atoms with Gasteiger partial charge in [-0.3, -0.25) is 14.2 Å². The lowest BCUT2D eigenvalue weighted by molar-refractivity contribution is -0.116. The summed E-state index contributed by atoms with van der Waals surface area (Å²) < 4.78 is 6.43. The van der Waals surface area contributed by atoms with E-state index >= 15 is 0 Å². The van der Waals surface area contributed by atoms with E-state index in [1.54, 1.807) is 36.9 Å². The first-order chi connectivity index (χ1) is 12.1. The Morgan fingerprint density at radius 3 is 2.80 bits per heavy atom. The Kier molecular flexibility index (Phi) is 4.99. The summed E-state index contributed by atoms with van der Waals surface area (Å²) in [6.07, 6.45) is 1.96. The quantitative estimate of drug-likeness (QED) is 0.707.